The third kappa shape index (κ3) is 3.67. The number of fused-ring (bicyclic) bond motifs is 1. The Morgan fingerprint density at radius 3 is 1.93 bits per heavy atom. The number of benzene rings is 2. The molecule has 6 heteroatoms. The molecule has 0 aromatic heterocycles. The molecule has 160 valence electrons. The molecule has 0 N–H and O–H groups in total. The quantitative estimate of drug-likeness (QED) is 0.688. The molecule has 0 aliphatic carbocycles. The van der Waals surface area contributed by atoms with Crippen LogP contribution in [0.1, 0.15) is 34.6 Å². The van der Waals surface area contributed by atoms with Crippen LogP contribution in [0.15, 0.2) is 60.7 Å². The fraction of sp³-hybridized carbons (Fsp3) is 0.458. The lowest BCUT2D eigenvalue weighted by molar-refractivity contribution is -0.206. The van der Waals surface area contributed by atoms with E-state index in [1.807, 2.05) is 36.4 Å². The van der Waals surface area contributed by atoms with Gasteiger partial charge in [0.15, 0.2) is 24.0 Å². The van der Waals surface area contributed by atoms with Crippen molar-refractivity contribution in [2.24, 2.45) is 0 Å². The molecule has 30 heavy (non-hydrogen) atoms. The zero-order chi connectivity index (χ0) is 21.6. The molecule has 2 aliphatic heterocycles. The SMILES string of the molecule is CC1(C)OC2OC(CO[Si](c3ccccc3)(c3ccccc3)C(C)(C)C)C(=O)C2O1. The van der Waals surface area contributed by atoms with E-state index in [-0.39, 0.29) is 17.4 Å². The second-order valence-electron chi connectivity index (χ2n) is 9.43. The van der Waals surface area contributed by atoms with E-state index in [9.17, 15) is 4.79 Å². The molecular formula is C24H30O5Si. The van der Waals surface area contributed by atoms with Crippen LogP contribution in [-0.2, 0) is 23.4 Å². The fourth-order valence-electron chi connectivity index (χ4n) is 4.52. The molecule has 0 saturated carbocycles. The van der Waals surface area contributed by atoms with Crippen LogP contribution in [0.4, 0.5) is 0 Å². The summed E-state index contributed by atoms with van der Waals surface area (Å²) in [5, 5.41) is 2.17. The Bertz CT molecular complexity index is 851. The van der Waals surface area contributed by atoms with Gasteiger partial charge in [0, 0.05) is 0 Å². The Kier molecular flexibility index (Phi) is 5.49. The number of hydrogen-bond donors (Lipinski definition) is 0. The van der Waals surface area contributed by atoms with Gasteiger partial charge < -0.3 is 18.6 Å². The lowest BCUT2D eigenvalue weighted by atomic mass is 10.2. The number of Topliss-reactive ketones (excluding diaryl/α,β-unsaturated/α-hetero) is 1. The van der Waals surface area contributed by atoms with Crippen LogP contribution in [0, 0.1) is 0 Å². The molecule has 5 nitrogen and oxygen atoms in total. The van der Waals surface area contributed by atoms with E-state index in [2.05, 4.69) is 45.0 Å². The second kappa shape index (κ2) is 7.69. The fourth-order valence-corrected chi connectivity index (χ4v) is 9.07. The standard InChI is InChI=1S/C24H30O5Si/c1-23(2,3)30(17-12-8-6-9-13-17,18-14-10-7-11-15-18)26-16-19-20(25)21-22(27-19)29-24(4,5)28-21/h6-15,19,21-22H,16H2,1-5H3. The van der Waals surface area contributed by atoms with E-state index < -0.39 is 32.6 Å². The Labute approximate surface area is 179 Å². The Balaban J connectivity index is 1.66. The van der Waals surface area contributed by atoms with Crippen LogP contribution in [-0.4, -0.2) is 45.0 Å². The van der Waals surface area contributed by atoms with Gasteiger partial charge >= 0.3 is 0 Å². The number of hydrogen-bond acceptors (Lipinski definition) is 5. The second-order valence-corrected chi connectivity index (χ2v) is 13.7. The zero-order valence-electron chi connectivity index (χ0n) is 18.3. The van der Waals surface area contributed by atoms with Gasteiger partial charge in [0.1, 0.15) is 6.10 Å². The highest BCUT2D eigenvalue weighted by molar-refractivity contribution is 6.99. The van der Waals surface area contributed by atoms with Gasteiger partial charge in [0.2, 0.25) is 0 Å². The van der Waals surface area contributed by atoms with E-state index >= 15 is 0 Å². The molecule has 0 bridgehead atoms. The van der Waals surface area contributed by atoms with Gasteiger partial charge in [-0.05, 0) is 29.3 Å². The Morgan fingerprint density at radius 1 is 0.933 bits per heavy atom. The first-order valence-electron chi connectivity index (χ1n) is 10.4. The summed E-state index contributed by atoms with van der Waals surface area (Å²) in [5.74, 6) is -0.919. The molecular weight excluding hydrogens is 396 g/mol. The summed E-state index contributed by atoms with van der Waals surface area (Å²) in [6.07, 6.45) is -2.05. The Morgan fingerprint density at radius 2 is 1.47 bits per heavy atom. The lowest BCUT2D eigenvalue weighted by Crippen LogP contribution is -2.67. The highest BCUT2D eigenvalue weighted by Crippen LogP contribution is 2.39. The zero-order valence-corrected chi connectivity index (χ0v) is 19.3. The van der Waals surface area contributed by atoms with Crippen LogP contribution in [0.3, 0.4) is 0 Å². The summed E-state index contributed by atoms with van der Waals surface area (Å²) in [7, 11) is -2.72. The molecule has 3 unspecified atom stereocenters. The molecule has 4 rings (SSSR count). The number of ether oxygens (including phenoxy) is 3. The summed E-state index contributed by atoms with van der Waals surface area (Å²) in [6.45, 7) is 10.4. The summed E-state index contributed by atoms with van der Waals surface area (Å²) in [5.41, 5.74) is 0. The predicted molar refractivity (Wildman–Crippen MR) is 117 cm³/mol. The lowest BCUT2D eigenvalue weighted by Gasteiger charge is -2.43. The number of carbonyl (C=O) groups is 1. The first-order valence-corrected chi connectivity index (χ1v) is 12.3. The van der Waals surface area contributed by atoms with Crippen molar-refractivity contribution in [2.45, 2.75) is 63.9 Å². The topological polar surface area (TPSA) is 54.0 Å². The smallest absolute Gasteiger partial charge is 0.261 e. The maximum absolute atomic E-state index is 12.9. The molecule has 2 saturated heterocycles. The maximum Gasteiger partial charge on any atom is 0.261 e. The number of ketones is 1. The van der Waals surface area contributed by atoms with Gasteiger partial charge in [-0.15, -0.1) is 0 Å². The molecule has 2 aliphatic rings. The van der Waals surface area contributed by atoms with Crippen LogP contribution in [0.2, 0.25) is 5.04 Å². The van der Waals surface area contributed by atoms with E-state index in [4.69, 9.17) is 18.6 Å². The van der Waals surface area contributed by atoms with Gasteiger partial charge in [-0.1, -0.05) is 81.4 Å². The molecule has 0 amide bonds. The van der Waals surface area contributed by atoms with Crippen LogP contribution >= 0.6 is 0 Å². The van der Waals surface area contributed by atoms with E-state index in [0.29, 0.717) is 0 Å². The molecule has 2 heterocycles. The van der Waals surface area contributed by atoms with Crippen molar-refractivity contribution in [1.82, 2.24) is 0 Å². The summed E-state index contributed by atoms with van der Waals surface area (Å²) in [4.78, 5) is 12.9. The summed E-state index contributed by atoms with van der Waals surface area (Å²) < 4.78 is 24.2. The molecule has 2 aromatic carbocycles. The van der Waals surface area contributed by atoms with Crippen molar-refractivity contribution in [2.75, 3.05) is 6.61 Å². The third-order valence-corrected chi connectivity index (χ3v) is 10.8. The van der Waals surface area contributed by atoms with E-state index in [0.717, 1.165) is 0 Å². The van der Waals surface area contributed by atoms with Crippen molar-refractivity contribution in [3.8, 4) is 0 Å². The predicted octanol–water partition coefficient (Wildman–Crippen LogP) is 3.01. The summed E-state index contributed by atoms with van der Waals surface area (Å²) in [6, 6.07) is 20.7. The first kappa shape index (κ1) is 21.4. The van der Waals surface area contributed by atoms with Gasteiger partial charge in [-0.3, -0.25) is 4.79 Å². The molecule has 0 radical (unpaired) electrons. The minimum Gasteiger partial charge on any atom is -0.404 e. The highest BCUT2D eigenvalue weighted by atomic mass is 28.4. The van der Waals surface area contributed by atoms with Crippen molar-refractivity contribution in [3.05, 3.63) is 60.7 Å². The van der Waals surface area contributed by atoms with Crippen molar-refractivity contribution < 1.29 is 23.4 Å². The summed E-state index contributed by atoms with van der Waals surface area (Å²) >= 11 is 0. The van der Waals surface area contributed by atoms with Gasteiger partial charge in [-0.25, -0.2) is 0 Å². The normalized spacial score (nSPS) is 26.0. The van der Waals surface area contributed by atoms with Crippen LogP contribution in [0.5, 0.6) is 0 Å². The van der Waals surface area contributed by atoms with Crippen molar-refractivity contribution in [3.63, 3.8) is 0 Å². The van der Waals surface area contributed by atoms with E-state index in [1.54, 1.807) is 13.8 Å². The number of carbonyl (C=O) groups excluding carboxylic acids is 1. The molecule has 3 atom stereocenters. The van der Waals surface area contributed by atoms with E-state index in [1.165, 1.54) is 10.4 Å². The molecule has 0 spiro atoms. The van der Waals surface area contributed by atoms with Crippen LogP contribution < -0.4 is 10.4 Å². The average Bonchev–Trinajstić information content (AvgIpc) is 3.15. The number of rotatable bonds is 5. The monoisotopic (exact) mass is 426 g/mol. The van der Waals surface area contributed by atoms with Gasteiger partial charge in [-0.2, -0.15) is 0 Å². The van der Waals surface area contributed by atoms with Crippen molar-refractivity contribution in [1.29, 1.82) is 0 Å². The maximum atomic E-state index is 12.9. The van der Waals surface area contributed by atoms with Crippen molar-refractivity contribution >= 4 is 24.5 Å². The first-order chi connectivity index (χ1) is 14.1. The average molecular weight is 427 g/mol. The van der Waals surface area contributed by atoms with Crippen LogP contribution in [0.25, 0.3) is 0 Å². The largest absolute Gasteiger partial charge is 0.404 e. The van der Waals surface area contributed by atoms with Gasteiger partial charge in [0.05, 0.1) is 6.61 Å². The third-order valence-electron chi connectivity index (χ3n) is 5.82. The highest BCUT2D eigenvalue weighted by Gasteiger charge is 2.56. The van der Waals surface area contributed by atoms with Gasteiger partial charge in [0.25, 0.3) is 8.32 Å². The molecule has 2 aromatic rings. The Hall–Kier alpha value is -1.83. The molecule has 2 fully saturated rings. The minimum atomic E-state index is -2.72. The minimum absolute atomic E-state index is 0.108.